The van der Waals surface area contributed by atoms with E-state index < -0.39 is 34.4 Å². The molecule has 11 heteroatoms. The molecule has 0 saturated carbocycles. The maximum atomic E-state index is 14.1. The lowest BCUT2D eigenvalue weighted by molar-refractivity contribution is -0.139. The van der Waals surface area contributed by atoms with Crippen LogP contribution in [-0.2, 0) is 26.2 Å². The van der Waals surface area contributed by atoms with Crippen molar-refractivity contribution in [2.45, 2.75) is 58.1 Å². The van der Waals surface area contributed by atoms with Crippen molar-refractivity contribution in [2.75, 3.05) is 17.5 Å². The summed E-state index contributed by atoms with van der Waals surface area (Å²) in [4.78, 5) is 28.5. The Morgan fingerprint density at radius 3 is 2.12 bits per heavy atom. The summed E-state index contributed by atoms with van der Waals surface area (Å²) in [6, 6.07) is 16.8. The van der Waals surface area contributed by atoms with Gasteiger partial charge in [0.1, 0.15) is 18.3 Å². The average Bonchev–Trinajstić information content (AvgIpc) is 2.91. The Kier molecular flexibility index (Phi) is 11.1. The number of benzene rings is 3. The van der Waals surface area contributed by atoms with Crippen LogP contribution in [0.15, 0.2) is 71.6 Å². The van der Waals surface area contributed by atoms with Crippen molar-refractivity contribution in [2.24, 2.45) is 0 Å². The number of aryl methyl sites for hydroxylation is 1. The van der Waals surface area contributed by atoms with Gasteiger partial charge in [-0.3, -0.25) is 13.9 Å². The Morgan fingerprint density at radius 1 is 0.927 bits per heavy atom. The van der Waals surface area contributed by atoms with Crippen LogP contribution in [0.2, 0.25) is 10.0 Å². The van der Waals surface area contributed by atoms with E-state index in [1.54, 1.807) is 68.4 Å². The van der Waals surface area contributed by atoms with E-state index in [9.17, 15) is 18.0 Å². The summed E-state index contributed by atoms with van der Waals surface area (Å²) in [6.07, 6.45) is 0. The van der Waals surface area contributed by atoms with Crippen molar-refractivity contribution in [3.8, 4) is 5.75 Å². The Hall–Kier alpha value is -3.27. The third kappa shape index (κ3) is 7.93. The lowest BCUT2D eigenvalue weighted by Gasteiger charge is -2.33. The zero-order valence-electron chi connectivity index (χ0n) is 23.7. The summed E-state index contributed by atoms with van der Waals surface area (Å²) in [5.74, 6) is -0.738. The van der Waals surface area contributed by atoms with Crippen LogP contribution < -0.4 is 14.4 Å². The first-order valence-corrected chi connectivity index (χ1v) is 15.4. The van der Waals surface area contributed by atoms with Crippen LogP contribution in [0.3, 0.4) is 0 Å². The highest BCUT2D eigenvalue weighted by Gasteiger charge is 2.34. The quantitative estimate of drug-likeness (QED) is 0.275. The van der Waals surface area contributed by atoms with Crippen LogP contribution in [0.1, 0.15) is 38.8 Å². The second-order valence-electron chi connectivity index (χ2n) is 9.79. The maximum absolute atomic E-state index is 14.1. The number of nitrogens with zero attached hydrogens (tertiary/aromatic N) is 2. The minimum Gasteiger partial charge on any atom is -0.492 e. The van der Waals surface area contributed by atoms with Gasteiger partial charge in [0.15, 0.2) is 0 Å². The van der Waals surface area contributed by atoms with Gasteiger partial charge in [-0.25, -0.2) is 8.42 Å². The van der Waals surface area contributed by atoms with E-state index in [1.165, 1.54) is 17.0 Å². The number of anilines is 1. The van der Waals surface area contributed by atoms with Crippen LogP contribution in [0.5, 0.6) is 5.75 Å². The summed E-state index contributed by atoms with van der Waals surface area (Å²) in [5, 5.41) is 3.45. The van der Waals surface area contributed by atoms with E-state index in [-0.39, 0.29) is 29.8 Å². The van der Waals surface area contributed by atoms with Gasteiger partial charge >= 0.3 is 0 Å². The molecule has 220 valence electrons. The molecule has 0 saturated heterocycles. The first-order chi connectivity index (χ1) is 19.4. The molecule has 3 aromatic carbocycles. The van der Waals surface area contributed by atoms with Crippen LogP contribution in [-0.4, -0.2) is 50.4 Å². The largest absolute Gasteiger partial charge is 0.492 e. The van der Waals surface area contributed by atoms with Gasteiger partial charge in [0.05, 0.1) is 17.2 Å². The van der Waals surface area contributed by atoms with Crippen LogP contribution in [0.4, 0.5) is 5.69 Å². The summed E-state index contributed by atoms with van der Waals surface area (Å²) in [7, 11) is -4.24. The number of sulfonamides is 1. The van der Waals surface area contributed by atoms with E-state index >= 15 is 0 Å². The SMILES string of the molecule is CCOc1ccccc1N(CC(=O)N(Cc1c(Cl)cccc1Cl)[C@H](C)C(=O)NC(C)C)S(=O)(=O)c1ccc(C)cc1. The van der Waals surface area contributed by atoms with Gasteiger partial charge in [-0.1, -0.05) is 59.1 Å². The molecule has 0 heterocycles. The van der Waals surface area contributed by atoms with Gasteiger partial charge < -0.3 is 15.0 Å². The predicted octanol–water partition coefficient (Wildman–Crippen LogP) is 5.84. The molecule has 41 heavy (non-hydrogen) atoms. The van der Waals surface area contributed by atoms with Gasteiger partial charge in [0, 0.05) is 28.2 Å². The zero-order valence-corrected chi connectivity index (χ0v) is 26.1. The van der Waals surface area contributed by atoms with E-state index in [1.807, 2.05) is 20.8 Å². The van der Waals surface area contributed by atoms with Crippen molar-refractivity contribution < 1.29 is 22.7 Å². The lowest BCUT2D eigenvalue weighted by atomic mass is 10.1. The monoisotopic (exact) mass is 619 g/mol. The number of halogens is 2. The van der Waals surface area contributed by atoms with Crippen LogP contribution >= 0.6 is 23.2 Å². The fraction of sp³-hybridized carbons (Fsp3) is 0.333. The topological polar surface area (TPSA) is 96.0 Å². The molecule has 3 aromatic rings. The number of hydrogen-bond acceptors (Lipinski definition) is 5. The Bertz CT molecular complexity index is 1460. The van der Waals surface area contributed by atoms with Crippen LogP contribution in [0.25, 0.3) is 0 Å². The Balaban J connectivity index is 2.12. The maximum Gasteiger partial charge on any atom is 0.264 e. The molecule has 0 aromatic heterocycles. The number of carbonyl (C=O) groups is 2. The van der Waals surface area contributed by atoms with E-state index in [0.29, 0.717) is 21.4 Å². The Morgan fingerprint density at radius 2 is 1.54 bits per heavy atom. The first kappa shape index (κ1) is 32.2. The smallest absolute Gasteiger partial charge is 0.264 e. The van der Waals surface area contributed by atoms with Gasteiger partial charge in [-0.15, -0.1) is 0 Å². The third-order valence-corrected chi connectivity index (χ3v) is 8.79. The van der Waals surface area contributed by atoms with Crippen molar-refractivity contribution in [1.82, 2.24) is 10.2 Å². The van der Waals surface area contributed by atoms with E-state index in [2.05, 4.69) is 5.32 Å². The molecule has 0 bridgehead atoms. The average molecular weight is 621 g/mol. The second kappa shape index (κ2) is 14.1. The van der Waals surface area contributed by atoms with Crippen LogP contribution in [0, 0.1) is 6.92 Å². The van der Waals surface area contributed by atoms with Crippen molar-refractivity contribution in [3.63, 3.8) is 0 Å². The van der Waals surface area contributed by atoms with Gasteiger partial charge in [0.2, 0.25) is 11.8 Å². The number of hydrogen-bond donors (Lipinski definition) is 1. The molecule has 0 unspecified atom stereocenters. The number of nitrogens with one attached hydrogen (secondary N) is 1. The van der Waals surface area contributed by atoms with Gasteiger partial charge in [-0.05, 0) is 71.0 Å². The summed E-state index contributed by atoms with van der Waals surface area (Å²) >= 11 is 12.8. The van der Waals surface area contributed by atoms with E-state index in [0.717, 1.165) is 9.87 Å². The molecule has 3 rings (SSSR count). The molecule has 0 radical (unpaired) electrons. The molecular formula is C30H35Cl2N3O5S. The molecule has 8 nitrogen and oxygen atoms in total. The highest BCUT2D eigenvalue weighted by atomic mass is 35.5. The van der Waals surface area contributed by atoms with Crippen molar-refractivity contribution in [3.05, 3.63) is 87.9 Å². The normalized spacial score (nSPS) is 12.1. The summed E-state index contributed by atoms with van der Waals surface area (Å²) in [6.45, 7) is 8.39. The second-order valence-corrected chi connectivity index (χ2v) is 12.5. The summed E-state index contributed by atoms with van der Waals surface area (Å²) in [5.41, 5.74) is 1.52. The number of amides is 2. The number of rotatable bonds is 12. The standard InChI is InChI=1S/C30H35Cl2N3O5S/c1-6-40-28-13-8-7-12-27(28)35(41(38,39)23-16-14-21(4)15-17-23)19-29(36)34(22(5)30(37)33-20(2)3)18-24-25(31)10-9-11-26(24)32/h7-17,20,22H,6,18-19H2,1-5H3,(H,33,37)/t22-/m1/s1. The summed E-state index contributed by atoms with van der Waals surface area (Å²) < 4.78 is 34.9. The fourth-order valence-corrected chi connectivity index (χ4v) is 6.07. The van der Waals surface area contributed by atoms with E-state index in [4.69, 9.17) is 27.9 Å². The number of para-hydroxylation sites is 2. The van der Waals surface area contributed by atoms with Gasteiger partial charge in [-0.2, -0.15) is 0 Å². The van der Waals surface area contributed by atoms with Crippen molar-refractivity contribution in [1.29, 1.82) is 0 Å². The molecule has 1 N–H and O–H groups in total. The minimum absolute atomic E-state index is 0.00787. The molecule has 0 spiro atoms. The number of carbonyl (C=O) groups excluding carboxylic acids is 2. The predicted molar refractivity (Wildman–Crippen MR) is 163 cm³/mol. The third-order valence-electron chi connectivity index (χ3n) is 6.31. The molecular weight excluding hydrogens is 585 g/mol. The first-order valence-electron chi connectivity index (χ1n) is 13.2. The lowest BCUT2D eigenvalue weighted by Crippen LogP contribution is -2.52. The fourth-order valence-electron chi connectivity index (χ4n) is 4.13. The number of ether oxygens (including phenoxy) is 1. The minimum atomic E-state index is -4.24. The highest BCUT2D eigenvalue weighted by Crippen LogP contribution is 2.33. The molecule has 0 aliphatic carbocycles. The molecule has 1 atom stereocenters. The molecule has 0 aliphatic heterocycles. The molecule has 2 amide bonds. The zero-order chi connectivity index (χ0) is 30.3. The van der Waals surface area contributed by atoms with Gasteiger partial charge in [0.25, 0.3) is 10.0 Å². The molecule has 0 aliphatic rings. The Labute approximate surface area is 252 Å². The molecule has 0 fully saturated rings. The van der Waals surface area contributed by atoms with Crippen molar-refractivity contribution >= 4 is 50.7 Å². The highest BCUT2D eigenvalue weighted by molar-refractivity contribution is 7.92.